The largest absolute Gasteiger partial charge is 0.495 e. The van der Waals surface area contributed by atoms with Crippen molar-refractivity contribution in [2.75, 3.05) is 24.0 Å². The molecule has 0 bridgehead atoms. The molecular weight excluding hydrogens is 368 g/mol. The van der Waals surface area contributed by atoms with Gasteiger partial charge in [-0.3, -0.25) is 14.5 Å². The van der Waals surface area contributed by atoms with Gasteiger partial charge in [-0.15, -0.1) is 0 Å². The Labute approximate surface area is 160 Å². The van der Waals surface area contributed by atoms with Gasteiger partial charge in [-0.2, -0.15) is 0 Å². The van der Waals surface area contributed by atoms with E-state index in [-0.39, 0.29) is 11.8 Å². The highest BCUT2D eigenvalue weighted by Crippen LogP contribution is 2.46. The summed E-state index contributed by atoms with van der Waals surface area (Å²) in [6.45, 7) is 0. The van der Waals surface area contributed by atoms with Crippen LogP contribution in [0.2, 0.25) is 0 Å². The Morgan fingerprint density at radius 1 is 0.962 bits per heavy atom. The highest BCUT2D eigenvalue weighted by molar-refractivity contribution is 8.27. The van der Waals surface area contributed by atoms with E-state index in [0.29, 0.717) is 26.2 Å². The third kappa shape index (κ3) is 2.35. The van der Waals surface area contributed by atoms with Gasteiger partial charge in [0.1, 0.15) is 5.75 Å². The number of para-hydroxylation sites is 3. The monoisotopic (exact) mass is 382 g/mol. The van der Waals surface area contributed by atoms with Crippen LogP contribution in [0.3, 0.4) is 0 Å². The predicted molar refractivity (Wildman–Crippen MR) is 107 cm³/mol. The van der Waals surface area contributed by atoms with Gasteiger partial charge >= 0.3 is 0 Å². The third-order valence-corrected chi connectivity index (χ3v) is 5.75. The molecule has 2 aromatic rings. The number of nitrogens with zero attached hydrogens (tertiary/aromatic N) is 2. The molecule has 0 aliphatic carbocycles. The predicted octanol–water partition coefficient (Wildman–Crippen LogP) is 3.45. The number of benzene rings is 2. The fraction of sp³-hybridized carbons (Fsp3) is 0.105. The second-order valence-electron chi connectivity index (χ2n) is 5.77. The number of anilines is 2. The second-order valence-corrected chi connectivity index (χ2v) is 7.41. The van der Waals surface area contributed by atoms with Crippen molar-refractivity contribution in [3.8, 4) is 5.75 Å². The fourth-order valence-corrected chi connectivity index (χ4v) is 4.49. The zero-order valence-corrected chi connectivity index (χ0v) is 15.7. The van der Waals surface area contributed by atoms with Gasteiger partial charge < -0.3 is 9.64 Å². The average Bonchev–Trinajstić information content (AvgIpc) is 3.08. The first-order valence-electron chi connectivity index (χ1n) is 7.85. The van der Waals surface area contributed by atoms with E-state index in [9.17, 15) is 9.59 Å². The number of carbonyl (C=O) groups excluding carboxylic acids is 2. The summed E-state index contributed by atoms with van der Waals surface area (Å²) in [5, 5.41) is 0. The van der Waals surface area contributed by atoms with Crippen LogP contribution in [0.25, 0.3) is 5.57 Å². The third-order valence-electron chi connectivity index (χ3n) is 4.38. The lowest BCUT2D eigenvalue weighted by Gasteiger charge is -2.17. The van der Waals surface area contributed by atoms with Crippen molar-refractivity contribution in [3.05, 3.63) is 59.0 Å². The number of ether oxygens (including phenoxy) is 1. The minimum absolute atomic E-state index is 0.202. The number of hydrogen-bond acceptors (Lipinski definition) is 5. The Kier molecular flexibility index (Phi) is 4.05. The van der Waals surface area contributed by atoms with Crippen molar-refractivity contribution in [2.24, 2.45) is 0 Å². The molecule has 1 fully saturated rings. The molecule has 7 heteroatoms. The minimum Gasteiger partial charge on any atom is -0.495 e. The molecule has 2 amide bonds. The molecule has 2 aliphatic heterocycles. The number of likely N-dealkylation sites (N-methyl/N-ethyl adjacent to an activating group) is 1. The maximum atomic E-state index is 13.2. The maximum absolute atomic E-state index is 13.2. The number of thioether (sulfide) groups is 1. The number of hydrogen-bond donors (Lipinski definition) is 0. The molecule has 4 rings (SSSR count). The lowest BCUT2D eigenvalue weighted by molar-refractivity contribution is -0.115. The van der Waals surface area contributed by atoms with Crippen LogP contribution in [0.4, 0.5) is 11.4 Å². The molecular formula is C19H14N2O3S2. The molecule has 26 heavy (non-hydrogen) atoms. The van der Waals surface area contributed by atoms with Crippen LogP contribution in [0.15, 0.2) is 53.4 Å². The van der Waals surface area contributed by atoms with Gasteiger partial charge in [-0.05, 0) is 18.2 Å². The fourth-order valence-electron chi connectivity index (χ4n) is 3.13. The van der Waals surface area contributed by atoms with E-state index in [0.717, 1.165) is 23.0 Å². The van der Waals surface area contributed by atoms with Gasteiger partial charge in [0.15, 0.2) is 4.32 Å². The Morgan fingerprint density at radius 3 is 2.35 bits per heavy atom. The molecule has 2 heterocycles. The normalized spacial score (nSPS) is 19.4. The molecule has 2 aliphatic rings. The highest BCUT2D eigenvalue weighted by atomic mass is 32.2. The van der Waals surface area contributed by atoms with Gasteiger partial charge in [0.25, 0.3) is 11.8 Å². The quantitative estimate of drug-likeness (QED) is 0.588. The standard InChI is InChI=1S/C19H14N2O3S2/c1-20-12-8-4-3-7-11(12)15(17(20)22)16-18(23)21(19(25)26-16)13-9-5-6-10-14(13)24-2/h3-10H,1-2H3/b16-15-. The number of rotatable bonds is 2. The lowest BCUT2D eigenvalue weighted by Crippen LogP contribution is -2.28. The van der Waals surface area contributed by atoms with Gasteiger partial charge in [-0.25, -0.2) is 0 Å². The molecule has 2 aromatic carbocycles. The van der Waals surface area contributed by atoms with Gasteiger partial charge in [0.2, 0.25) is 0 Å². The van der Waals surface area contributed by atoms with Gasteiger partial charge in [0, 0.05) is 12.6 Å². The van der Waals surface area contributed by atoms with Crippen molar-refractivity contribution in [3.63, 3.8) is 0 Å². The lowest BCUT2D eigenvalue weighted by atomic mass is 10.1. The van der Waals surface area contributed by atoms with E-state index in [1.165, 1.54) is 4.90 Å². The van der Waals surface area contributed by atoms with Crippen molar-refractivity contribution < 1.29 is 14.3 Å². The van der Waals surface area contributed by atoms with Crippen molar-refractivity contribution in [1.29, 1.82) is 0 Å². The van der Waals surface area contributed by atoms with E-state index in [4.69, 9.17) is 17.0 Å². The summed E-state index contributed by atoms with van der Waals surface area (Å²) >= 11 is 6.59. The Morgan fingerprint density at radius 2 is 1.62 bits per heavy atom. The smallest absolute Gasteiger partial charge is 0.271 e. The second kappa shape index (κ2) is 6.26. The number of amides is 2. The van der Waals surface area contributed by atoms with Crippen LogP contribution in [0.1, 0.15) is 5.56 Å². The first-order valence-corrected chi connectivity index (χ1v) is 9.08. The van der Waals surface area contributed by atoms with Gasteiger partial charge in [0.05, 0.1) is 29.0 Å². The van der Waals surface area contributed by atoms with Crippen LogP contribution in [0.5, 0.6) is 5.75 Å². The molecule has 0 unspecified atom stereocenters. The molecule has 0 N–H and O–H groups in total. The van der Waals surface area contributed by atoms with Crippen molar-refractivity contribution >= 4 is 57.1 Å². The topological polar surface area (TPSA) is 49.9 Å². The first kappa shape index (κ1) is 16.8. The summed E-state index contributed by atoms with van der Waals surface area (Å²) in [4.78, 5) is 29.3. The van der Waals surface area contributed by atoms with Crippen molar-refractivity contribution in [2.45, 2.75) is 0 Å². The number of methoxy groups -OCH3 is 1. The molecule has 0 spiro atoms. The summed E-state index contributed by atoms with van der Waals surface area (Å²) in [6.07, 6.45) is 0. The van der Waals surface area contributed by atoms with E-state index in [1.54, 1.807) is 31.2 Å². The molecule has 130 valence electrons. The SMILES string of the molecule is COc1ccccc1N1C(=O)/C(=C2/C(=O)N(C)c3ccccc32)SC1=S. The van der Waals surface area contributed by atoms with Crippen LogP contribution in [-0.2, 0) is 9.59 Å². The van der Waals surface area contributed by atoms with E-state index >= 15 is 0 Å². The molecule has 0 radical (unpaired) electrons. The average molecular weight is 382 g/mol. The summed E-state index contributed by atoms with van der Waals surface area (Å²) < 4.78 is 5.73. The zero-order chi connectivity index (χ0) is 18.4. The van der Waals surface area contributed by atoms with Gasteiger partial charge in [-0.1, -0.05) is 54.3 Å². The van der Waals surface area contributed by atoms with Crippen LogP contribution in [-0.4, -0.2) is 30.3 Å². The Hall–Kier alpha value is -2.64. The summed E-state index contributed by atoms with van der Waals surface area (Å²) in [5.41, 5.74) is 2.51. The van der Waals surface area contributed by atoms with E-state index in [2.05, 4.69) is 0 Å². The van der Waals surface area contributed by atoms with Crippen molar-refractivity contribution in [1.82, 2.24) is 0 Å². The number of carbonyl (C=O) groups is 2. The van der Waals surface area contributed by atoms with E-state index in [1.807, 2.05) is 36.4 Å². The van der Waals surface area contributed by atoms with Crippen LogP contribution >= 0.6 is 24.0 Å². The van der Waals surface area contributed by atoms with Crippen LogP contribution in [0, 0.1) is 0 Å². The summed E-state index contributed by atoms with van der Waals surface area (Å²) in [5.74, 6) is 0.0370. The summed E-state index contributed by atoms with van der Waals surface area (Å²) in [6, 6.07) is 14.6. The minimum atomic E-state index is -0.307. The molecule has 0 atom stereocenters. The number of fused-ring (bicyclic) bond motifs is 1. The van der Waals surface area contributed by atoms with E-state index < -0.39 is 0 Å². The molecule has 0 aromatic heterocycles. The summed E-state index contributed by atoms with van der Waals surface area (Å²) in [7, 11) is 3.25. The zero-order valence-electron chi connectivity index (χ0n) is 14.1. The first-order chi connectivity index (χ1) is 12.5. The van der Waals surface area contributed by atoms with Crippen LogP contribution < -0.4 is 14.5 Å². The molecule has 0 saturated carbocycles. The Balaban J connectivity index is 1.86. The molecule has 5 nitrogen and oxygen atoms in total. The number of thiocarbonyl (C=S) groups is 1. The highest BCUT2D eigenvalue weighted by Gasteiger charge is 2.42. The maximum Gasteiger partial charge on any atom is 0.271 e. The molecule has 1 saturated heterocycles. The Bertz CT molecular complexity index is 1000.